The van der Waals surface area contributed by atoms with E-state index in [0.717, 1.165) is 0 Å². The number of nitrogens with one attached hydrogen (secondary N) is 1. The van der Waals surface area contributed by atoms with Crippen molar-refractivity contribution in [2.75, 3.05) is 12.4 Å². The van der Waals surface area contributed by atoms with Gasteiger partial charge in [0.15, 0.2) is 0 Å². The second-order valence-corrected chi connectivity index (χ2v) is 3.70. The summed E-state index contributed by atoms with van der Waals surface area (Å²) in [4.78, 5) is 0. The highest BCUT2D eigenvalue weighted by atomic mass is 14.8. The minimum atomic E-state index is 0.596. The van der Waals surface area contributed by atoms with E-state index in [1.54, 1.807) is 0 Å². The number of para-hydroxylation sites is 1. The van der Waals surface area contributed by atoms with E-state index in [1.165, 1.54) is 17.7 Å². The molecule has 1 heteroatoms. The van der Waals surface area contributed by atoms with Crippen LogP contribution in [0.4, 0.5) is 5.69 Å². The fourth-order valence-electron chi connectivity index (χ4n) is 1.23. The van der Waals surface area contributed by atoms with E-state index < -0.39 is 0 Å². The maximum atomic E-state index is 3.18. The molecule has 1 aromatic carbocycles. The first-order valence-corrected chi connectivity index (χ1v) is 6.43. The van der Waals surface area contributed by atoms with Crippen molar-refractivity contribution in [3.05, 3.63) is 29.8 Å². The van der Waals surface area contributed by atoms with Gasteiger partial charge in [-0.3, -0.25) is 0 Å². The maximum absolute atomic E-state index is 3.18. The number of benzene rings is 1. The summed E-state index contributed by atoms with van der Waals surface area (Å²) in [5, 5.41) is 3.18. The lowest BCUT2D eigenvalue weighted by atomic mass is 10.0. The van der Waals surface area contributed by atoms with Crippen molar-refractivity contribution in [1.82, 2.24) is 0 Å². The van der Waals surface area contributed by atoms with E-state index in [2.05, 4.69) is 57.3 Å². The fourth-order valence-corrected chi connectivity index (χ4v) is 1.23. The zero-order valence-electron chi connectivity index (χ0n) is 12.1. The molecule has 0 amide bonds. The molecule has 0 saturated carbocycles. The summed E-state index contributed by atoms with van der Waals surface area (Å²) in [6, 6.07) is 8.40. The molecule has 0 aliphatic rings. The Labute approximate surface area is 102 Å². The van der Waals surface area contributed by atoms with Crippen molar-refractivity contribution < 1.29 is 0 Å². The van der Waals surface area contributed by atoms with Crippen LogP contribution in [0.1, 0.15) is 59.4 Å². The van der Waals surface area contributed by atoms with Crippen molar-refractivity contribution in [1.29, 1.82) is 0 Å². The van der Waals surface area contributed by atoms with Crippen LogP contribution in [-0.4, -0.2) is 7.05 Å². The van der Waals surface area contributed by atoms with E-state index in [1.807, 2.05) is 20.9 Å². The van der Waals surface area contributed by atoms with Gasteiger partial charge in [-0.15, -0.1) is 0 Å². The highest BCUT2D eigenvalue weighted by Gasteiger charge is 2.02. The Morgan fingerprint density at radius 1 is 1.06 bits per heavy atom. The Bertz CT molecular complexity index is 241. The standard InChI is InChI=1S/C10H15N.C3H8.C2H6/c1-8(2)9-6-4-5-7-10(9)11-3;1-3-2;1-2/h4-8,11H,1-3H3;3H2,1-2H3;1-2H3. The predicted octanol–water partition coefficient (Wildman–Crippen LogP) is 5.29. The number of hydrogen-bond donors (Lipinski definition) is 1. The van der Waals surface area contributed by atoms with Gasteiger partial charge in [0.05, 0.1) is 0 Å². The lowest BCUT2D eigenvalue weighted by Gasteiger charge is -2.10. The summed E-state index contributed by atoms with van der Waals surface area (Å²) in [5.41, 5.74) is 2.62. The summed E-state index contributed by atoms with van der Waals surface area (Å²) < 4.78 is 0. The van der Waals surface area contributed by atoms with Gasteiger partial charge < -0.3 is 5.32 Å². The topological polar surface area (TPSA) is 12.0 Å². The highest BCUT2D eigenvalue weighted by Crippen LogP contribution is 2.22. The average Bonchev–Trinajstić information content (AvgIpc) is 2.32. The van der Waals surface area contributed by atoms with Crippen molar-refractivity contribution in [3.8, 4) is 0 Å². The predicted molar refractivity (Wildman–Crippen MR) is 77.4 cm³/mol. The largest absolute Gasteiger partial charge is 0.388 e. The van der Waals surface area contributed by atoms with Gasteiger partial charge in [0.25, 0.3) is 0 Å². The van der Waals surface area contributed by atoms with Crippen LogP contribution in [0.2, 0.25) is 0 Å². The molecule has 0 spiro atoms. The first-order valence-electron chi connectivity index (χ1n) is 6.43. The molecule has 1 aromatic rings. The van der Waals surface area contributed by atoms with Crippen LogP contribution in [0.3, 0.4) is 0 Å². The lowest BCUT2D eigenvalue weighted by molar-refractivity contribution is 0.868. The Morgan fingerprint density at radius 2 is 1.50 bits per heavy atom. The molecule has 0 heterocycles. The van der Waals surface area contributed by atoms with Crippen LogP contribution in [0, 0.1) is 0 Å². The first-order chi connectivity index (χ1) is 7.67. The highest BCUT2D eigenvalue weighted by molar-refractivity contribution is 5.51. The third-order valence-corrected chi connectivity index (χ3v) is 1.85. The number of anilines is 1. The van der Waals surface area contributed by atoms with E-state index in [-0.39, 0.29) is 0 Å². The molecule has 94 valence electrons. The normalized spacial score (nSPS) is 8.50. The van der Waals surface area contributed by atoms with Crippen LogP contribution in [0.25, 0.3) is 0 Å². The molecule has 0 atom stereocenters. The van der Waals surface area contributed by atoms with Crippen molar-refractivity contribution in [3.63, 3.8) is 0 Å². The van der Waals surface area contributed by atoms with Gasteiger partial charge in [-0.1, -0.05) is 66.2 Å². The molecule has 1 rings (SSSR count). The van der Waals surface area contributed by atoms with E-state index in [4.69, 9.17) is 0 Å². The zero-order valence-corrected chi connectivity index (χ0v) is 12.1. The first kappa shape index (κ1) is 17.4. The third kappa shape index (κ3) is 7.33. The quantitative estimate of drug-likeness (QED) is 0.718. The molecule has 16 heavy (non-hydrogen) atoms. The second-order valence-electron chi connectivity index (χ2n) is 3.70. The summed E-state index contributed by atoms with van der Waals surface area (Å²) >= 11 is 0. The molecule has 1 nitrogen and oxygen atoms in total. The van der Waals surface area contributed by atoms with E-state index in [0.29, 0.717) is 5.92 Å². The van der Waals surface area contributed by atoms with Crippen molar-refractivity contribution in [2.45, 2.75) is 53.9 Å². The van der Waals surface area contributed by atoms with Crippen LogP contribution in [0.15, 0.2) is 24.3 Å². The van der Waals surface area contributed by atoms with E-state index in [9.17, 15) is 0 Å². The second kappa shape index (κ2) is 12.1. The van der Waals surface area contributed by atoms with E-state index >= 15 is 0 Å². The van der Waals surface area contributed by atoms with Crippen LogP contribution in [-0.2, 0) is 0 Å². The average molecular weight is 223 g/mol. The molecule has 0 radical (unpaired) electrons. The SMILES string of the molecule is CC.CCC.CNc1ccccc1C(C)C. The van der Waals surface area contributed by atoms with Gasteiger partial charge in [0.2, 0.25) is 0 Å². The summed E-state index contributed by atoms with van der Waals surface area (Å²) in [7, 11) is 1.96. The fraction of sp³-hybridized carbons (Fsp3) is 0.600. The van der Waals surface area contributed by atoms with Gasteiger partial charge >= 0.3 is 0 Å². The Balaban J connectivity index is 0. The molecule has 0 bridgehead atoms. The van der Waals surface area contributed by atoms with Gasteiger partial charge in [-0.25, -0.2) is 0 Å². The summed E-state index contributed by atoms with van der Waals surface area (Å²) in [5.74, 6) is 0.596. The molecular weight excluding hydrogens is 194 g/mol. The van der Waals surface area contributed by atoms with Gasteiger partial charge in [0, 0.05) is 12.7 Å². The number of hydrogen-bond acceptors (Lipinski definition) is 1. The van der Waals surface area contributed by atoms with Gasteiger partial charge in [0.1, 0.15) is 0 Å². The smallest absolute Gasteiger partial charge is 0.0372 e. The molecule has 0 unspecified atom stereocenters. The molecule has 0 aliphatic carbocycles. The van der Waals surface area contributed by atoms with Crippen LogP contribution in [0.5, 0.6) is 0 Å². The minimum absolute atomic E-state index is 0.596. The Morgan fingerprint density at radius 3 is 1.81 bits per heavy atom. The van der Waals surface area contributed by atoms with Crippen molar-refractivity contribution >= 4 is 5.69 Å². The van der Waals surface area contributed by atoms with Gasteiger partial charge in [-0.2, -0.15) is 0 Å². The molecule has 0 saturated heterocycles. The van der Waals surface area contributed by atoms with Crippen LogP contribution >= 0.6 is 0 Å². The molecular formula is C15H29N. The Hall–Kier alpha value is -0.980. The Kier molecular flexibility index (Phi) is 13.2. The monoisotopic (exact) mass is 223 g/mol. The summed E-state index contributed by atoms with van der Waals surface area (Å²) in [6.07, 6.45) is 1.25. The number of rotatable bonds is 2. The molecule has 0 aliphatic heterocycles. The zero-order chi connectivity index (χ0) is 13.0. The van der Waals surface area contributed by atoms with Crippen LogP contribution < -0.4 is 5.32 Å². The van der Waals surface area contributed by atoms with Gasteiger partial charge in [-0.05, 0) is 17.5 Å². The molecule has 1 N–H and O–H groups in total. The third-order valence-electron chi connectivity index (χ3n) is 1.85. The summed E-state index contributed by atoms with van der Waals surface area (Å²) in [6.45, 7) is 12.7. The molecule has 0 fully saturated rings. The lowest BCUT2D eigenvalue weighted by Crippen LogP contribution is -1.96. The maximum Gasteiger partial charge on any atom is 0.0372 e. The van der Waals surface area contributed by atoms with Crippen molar-refractivity contribution in [2.24, 2.45) is 0 Å². The minimum Gasteiger partial charge on any atom is -0.388 e. The molecule has 0 aromatic heterocycles.